The summed E-state index contributed by atoms with van der Waals surface area (Å²) in [6, 6.07) is 9.69. The molecule has 3 rings (SSSR count). The minimum Gasteiger partial charge on any atom is -0.468 e. The third kappa shape index (κ3) is 4.08. The molecule has 0 aromatic heterocycles. The number of methoxy groups -OCH3 is 2. The normalized spacial score (nSPS) is 18.0. The molecule has 2 aromatic rings. The number of anilines is 1. The molecule has 2 atom stereocenters. The van der Waals surface area contributed by atoms with E-state index in [1.165, 1.54) is 43.5 Å². The van der Waals surface area contributed by atoms with Crippen molar-refractivity contribution in [1.29, 1.82) is 0 Å². The second-order valence-electron chi connectivity index (χ2n) is 6.20. The number of carbonyl (C=O) groups excluding carboxylic acids is 2. The molecule has 0 fully saturated rings. The van der Waals surface area contributed by atoms with Crippen LogP contribution in [-0.4, -0.2) is 42.8 Å². The van der Waals surface area contributed by atoms with E-state index in [-0.39, 0.29) is 11.4 Å². The molecule has 0 N–H and O–H groups in total. The van der Waals surface area contributed by atoms with Gasteiger partial charge in [-0.3, -0.25) is 14.9 Å². The highest BCUT2D eigenvalue weighted by Crippen LogP contribution is 2.37. The summed E-state index contributed by atoms with van der Waals surface area (Å²) in [7, 11) is 2.43. The number of benzene rings is 2. The van der Waals surface area contributed by atoms with E-state index < -0.39 is 28.8 Å². The minimum absolute atomic E-state index is 0.107. The maximum atomic E-state index is 12.7. The fourth-order valence-electron chi connectivity index (χ4n) is 3.12. The van der Waals surface area contributed by atoms with Crippen molar-refractivity contribution in [3.63, 3.8) is 0 Å². The van der Waals surface area contributed by atoms with E-state index in [4.69, 9.17) is 9.47 Å². The van der Waals surface area contributed by atoms with Gasteiger partial charge in [0.25, 0.3) is 5.69 Å². The van der Waals surface area contributed by atoms with E-state index in [0.717, 1.165) is 4.47 Å². The molecule has 9 nitrogen and oxygen atoms in total. The van der Waals surface area contributed by atoms with Gasteiger partial charge in [0.05, 0.1) is 30.5 Å². The lowest BCUT2D eigenvalue weighted by Crippen LogP contribution is -2.45. The van der Waals surface area contributed by atoms with E-state index in [1.54, 1.807) is 18.2 Å². The van der Waals surface area contributed by atoms with Crippen molar-refractivity contribution in [3.05, 3.63) is 67.1 Å². The molecule has 1 heterocycles. The van der Waals surface area contributed by atoms with Crippen LogP contribution in [-0.2, 0) is 19.1 Å². The monoisotopic (exact) mass is 539 g/mol. The second-order valence-corrected chi connectivity index (χ2v) is 7.97. The van der Waals surface area contributed by atoms with Crippen LogP contribution in [0.4, 0.5) is 11.4 Å². The number of carbonyl (C=O) groups is 2. The topological polar surface area (TPSA) is 111 Å². The molecule has 1 aliphatic rings. The Morgan fingerprint density at radius 1 is 1.07 bits per heavy atom. The predicted molar refractivity (Wildman–Crippen MR) is 115 cm³/mol. The van der Waals surface area contributed by atoms with E-state index >= 15 is 0 Å². The number of rotatable bonds is 5. The van der Waals surface area contributed by atoms with Crippen molar-refractivity contribution in [2.75, 3.05) is 19.2 Å². The fourth-order valence-corrected chi connectivity index (χ4v) is 4.35. The summed E-state index contributed by atoms with van der Waals surface area (Å²) in [6.07, 6.45) is 0. The van der Waals surface area contributed by atoms with Gasteiger partial charge in [0.15, 0.2) is 6.04 Å². The van der Waals surface area contributed by atoms with Crippen LogP contribution in [0, 0.1) is 16.0 Å². The van der Waals surface area contributed by atoms with Crippen LogP contribution in [0.1, 0.15) is 5.56 Å². The quantitative estimate of drug-likeness (QED) is 0.323. The summed E-state index contributed by atoms with van der Waals surface area (Å²) in [6.45, 7) is 0. The first-order valence-electron chi connectivity index (χ1n) is 8.51. The number of esters is 2. The Kier molecular flexibility index (Phi) is 6.52. The molecule has 0 saturated heterocycles. The Morgan fingerprint density at radius 3 is 2.23 bits per heavy atom. The number of non-ortho nitro benzene ring substituents is 1. The molecule has 1 aliphatic heterocycles. The van der Waals surface area contributed by atoms with Crippen LogP contribution in [0.5, 0.6) is 0 Å². The minimum atomic E-state index is -1.12. The number of hydrazone groups is 1. The summed E-state index contributed by atoms with van der Waals surface area (Å²) in [5, 5.41) is 16.9. The maximum absolute atomic E-state index is 12.7. The average Bonchev–Trinajstić information content (AvgIpc) is 3.12. The number of nitrogens with zero attached hydrogens (tertiary/aromatic N) is 3. The lowest BCUT2D eigenvalue weighted by atomic mass is 9.90. The zero-order chi connectivity index (χ0) is 22.0. The lowest BCUT2D eigenvalue weighted by Gasteiger charge is -2.25. The smallest absolute Gasteiger partial charge is 0.332 e. The van der Waals surface area contributed by atoms with Gasteiger partial charge in [0, 0.05) is 21.1 Å². The number of nitro groups is 1. The van der Waals surface area contributed by atoms with Crippen LogP contribution in [0.15, 0.2) is 56.5 Å². The molecular weight excluding hydrogens is 526 g/mol. The third-order valence-electron chi connectivity index (χ3n) is 4.52. The SMILES string of the molecule is COC(=O)[C@H]1C(c2ccc([N+](=O)[O-])cc2)=NN(c2ccc(Br)cc2Br)[C@H]1C(=O)OC. The Labute approximate surface area is 188 Å². The predicted octanol–water partition coefficient (Wildman–Crippen LogP) is 3.67. The van der Waals surface area contributed by atoms with Crippen LogP contribution < -0.4 is 5.01 Å². The van der Waals surface area contributed by atoms with Gasteiger partial charge in [-0.05, 0) is 51.8 Å². The van der Waals surface area contributed by atoms with Gasteiger partial charge in [0.2, 0.25) is 0 Å². The van der Waals surface area contributed by atoms with Crippen LogP contribution in [0.25, 0.3) is 0 Å². The first kappa shape index (κ1) is 21.9. The largest absolute Gasteiger partial charge is 0.468 e. The van der Waals surface area contributed by atoms with E-state index in [0.29, 0.717) is 15.7 Å². The number of ether oxygens (including phenoxy) is 2. The summed E-state index contributed by atoms with van der Waals surface area (Å²) in [4.78, 5) is 35.8. The third-order valence-corrected chi connectivity index (χ3v) is 5.65. The molecule has 0 radical (unpaired) electrons. The van der Waals surface area contributed by atoms with Crippen molar-refractivity contribution in [2.45, 2.75) is 6.04 Å². The van der Waals surface area contributed by atoms with E-state index in [9.17, 15) is 19.7 Å². The zero-order valence-electron chi connectivity index (χ0n) is 15.7. The van der Waals surface area contributed by atoms with Gasteiger partial charge in [-0.25, -0.2) is 9.80 Å². The lowest BCUT2D eigenvalue weighted by molar-refractivity contribution is -0.384. The zero-order valence-corrected chi connectivity index (χ0v) is 18.9. The Bertz CT molecular complexity index is 1040. The Hall–Kier alpha value is -2.79. The van der Waals surface area contributed by atoms with Gasteiger partial charge in [-0.1, -0.05) is 15.9 Å². The number of hydrogen-bond donors (Lipinski definition) is 0. The molecule has 30 heavy (non-hydrogen) atoms. The number of nitro benzene ring substituents is 1. The van der Waals surface area contributed by atoms with Crippen LogP contribution in [0.3, 0.4) is 0 Å². The first-order valence-corrected chi connectivity index (χ1v) is 10.1. The molecule has 0 amide bonds. The number of halogens is 2. The summed E-state index contributed by atoms with van der Waals surface area (Å²) in [5.41, 5.74) is 1.10. The van der Waals surface area contributed by atoms with Crippen molar-refractivity contribution in [1.82, 2.24) is 0 Å². The Balaban J connectivity index is 2.17. The summed E-state index contributed by atoms with van der Waals surface area (Å²) < 4.78 is 11.3. The molecule has 0 saturated carbocycles. The van der Waals surface area contributed by atoms with Gasteiger partial charge >= 0.3 is 11.9 Å². The van der Waals surface area contributed by atoms with Crippen molar-refractivity contribution in [2.24, 2.45) is 11.0 Å². The van der Waals surface area contributed by atoms with E-state index in [1.807, 2.05) is 0 Å². The van der Waals surface area contributed by atoms with E-state index in [2.05, 4.69) is 37.0 Å². The van der Waals surface area contributed by atoms with Gasteiger partial charge in [0.1, 0.15) is 5.92 Å². The van der Waals surface area contributed by atoms with Gasteiger partial charge in [-0.2, -0.15) is 5.10 Å². The average molecular weight is 541 g/mol. The highest BCUT2D eigenvalue weighted by Gasteiger charge is 2.49. The molecule has 156 valence electrons. The Morgan fingerprint density at radius 2 is 1.70 bits per heavy atom. The fraction of sp³-hybridized carbons (Fsp3) is 0.211. The highest BCUT2D eigenvalue weighted by molar-refractivity contribution is 9.11. The summed E-state index contributed by atoms with van der Waals surface area (Å²) in [5.74, 6) is -2.46. The van der Waals surface area contributed by atoms with Gasteiger partial charge in [-0.15, -0.1) is 0 Å². The molecule has 0 unspecified atom stereocenters. The summed E-state index contributed by atoms with van der Waals surface area (Å²) >= 11 is 6.82. The standard InChI is InChI=1S/C19H15Br2N3O6/c1-29-18(25)15-16(10-3-6-12(7-4-10)24(27)28)22-23(17(15)19(26)30-2)14-8-5-11(20)9-13(14)21/h3-9,15,17H,1-2H3/t15-,17+/m0/s1. The van der Waals surface area contributed by atoms with Crippen molar-refractivity contribution in [3.8, 4) is 0 Å². The van der Waals surface area contributed by atoms with Crippen LogP contribution >= 0.6 is 31.9 Å². The van der Waals surface area contributed by atoms with Crippen molar-refractivity contribution >= 4 is 60.9 Å². The highest BCUT2D eigenvalue weighted by atomic mass is 79.9. The van der Waals surface area contributed by atoms with Crippen molar-refractivity contribution < 1.29 is 24.0 Å². The van der Waals surface area contributed by atoms with Crippen LogP contribution in [0.2, 0.25) is 0 Å². The second kappa shape index (κ2) is 8.92. The first-order chi connectivity index (χ1) is 14.3. The molecule has 0 spiro atoms. The van der Waals surface area contributed by atoms with Gasteiger partial charge < -0.3 is 9.47 Å². The molecular formula is C19H15Br2N3O6. The molecule has 11 heteroatoms. The molecule has 0 aliphatic carbocycles. The maximum Gasteiger partial charge on any atom is 0.332 e. The molecule has 0 bridgehead atoms. The number of hydrogen-bond acceptors (Lipinski definition) is 8. The molecule has 2 aromatic carbocycles.